The predicted octanol–water partition coefficient (Wildman–Crippen LogP) is 9.50. The van der Waals surface area contributed by atoms with Crippen LogP contribution in [-0.2, 0) is 54.3 Å². The number of aryl methyl sites for hydroxylation is 2. The third kappa shape index (κ3) is 12.0. The predicted molar refractivity (Wildman–Crippen MR) is 290 cm³/mol. The Bertz CT molecular complexity index is 2430. The van der Waals surface area contributed by atoms with Crippen molar-refractivity contribution in [3.63, 3.8) is 0 Å². The fraction of sp³-hybridized carbons (Fsp3) is 0.491. The van der Waals surface area contributed by atoms with Crippen molar-refractivity contribution in [2.45, 2.75) is 89.0 Å². The standard InChI is InChI=1S/C55H70N4O8S4/c1-9-11-32-66-34-31-56(3)50(61)53(57(4)47(60)37-68-48(69-53)43-23-27-45(64-7)28-24-43)35-41-19-15-39(16-20-41)13-14-40-17-21-42(22-18-40)36-54-51(62)59(6)55(52(63)58(54)5,38-67-33-12-10-2)71-49(70-54)44-25-29-46(65-8)30-26-44/h15-30,48-49H,9-14,31-38H2,1-8H3/t48?,49?,53?,54?,55-/m0/s1. The van der Waals surface area contributed by atoms with Crippen molar-refractivity contribution in [1.82, 2.24) is 19.6 Å². The third-order valence-corrected chi connectivity index (χ3v) is 20.4. The first-order valence-corrected chi connectivity index (χ1v) is 28.3. The number of hydrogen-bond acceptors (Lipinski definition) is 12. The zero-order valence-corrected chi connectivity index (χ0v) is 45.7. The van der Waals surface area contributed by atoms with E-state index in [1.54, 1.807) is 73.8 Å². The Morgan fingerprint density at radius 1 is 0.606 bits per heavy atom. The van der Waals surface area contributed by atoms with Gasteiger partial charge in [-0.2, -0.15) is 0 Å². The van der Waals surface area contributed by atoms with Crippen LogP contribution in [0, 0.1) is 0 Å². The first kappa shape index (κ1) is 54.5. The highest BCUT2D eigenvalue weighted by Gasteiger charge is 2.66. The Labute approximate surface area is 438 Å². The van der Waals surface area contributed by atoms with Gasteiger partial charge in [0, 0.05) is 60.8 Å². The van der Waals surface area contributed by atoms with Crippen molar-refractivity contribution >= 4 is 70.7 Å². The minimum Gasteiger partial charge on any atom is -0.497 e. The number of nitrogens with zero attached hydrogens (tertiary/aromatic N) is 4. The van der Waals surface area contributed by atoms with Gasteiger partial charge < -0.3 is 38.5 Å². The topological polar surface area (TPSA) is 118 Å². The number of likely N-dealkylation sites (N-methyl/N-ethyl adjacent to an activating group) is 4. The molecule has 71 heavy (non-hydrogen) atoms. The maximum Gasteiger partial charge on any atom is 0.262 e. The Kier molecular flexibility index (Phi) is 18.9. The minimum absolute atomic E-state index is 0.0880. The van der Waals surface area contributed by atoms with E-state index in [9.17, 15) is 19.2 Å². The summed E-state index contributed by atoms with van der Waals surface area (Å²) in [6.07, 6.45) is 6.10. The molecule has 12 nitrogen and oxygen atoms in total. The van der Waals surface area contributed by atoms with Crippen LogP contribution in [0.15, 0.2) is 97.1 Å². The van der Waals surface area contributed by atoms with Crippen LogP contribution in [0.5, 0.6) is 11.5 Å². The van der Waals surface area contributed by atoms with Crippen molar-refractivity contribution in [2.24, 2.45) is 0 Å². The Hall–Kier alpha value is -4.32. The summed E-state index contributed by atoms with van der Waals surface area (Å²) in [5.41, 5.74) is 6.24. The largest absolute Gasteiger partial charge is 0.497 e. The highest BCUT2D eigenvalue weighted by molar-refractivity contribution is 8.18. The van der Waals surface area contributed by atoms with E-state index in [4.69, 9.17) is 18.9 Å². The molecule has 4 aliphatic heterocycles. The van der Waals surface area contributed by atoms with Gasteiger partial charge in [0.2, 0.25) is 5.91 Å². The number of carbonyl (C=O) groups excluding carboxylic acids is 4. The second-order valence-corrected chi connectivity index (χ2v) is 24.3. The van der Waals surface area contributed by atoms with E-state index in [1.807, 2.05) is 48.5 Å². The number of thioether (sulfide) groups is 4. The minimum atomic E-state index is -1.21. The molecule has 4 aromatic carbocycles. The molecule has 4 heterocycles. The second kappa shape index (κ2) is 24.6. The van der Waals surface area contributed by atoms with Crippen LogP contribution < -0.4 is 9.47 Å². The number of piperazine rings is 1. The maximum atomic E-state index is 14.8. The summed E-state index contributed by atoms with van der Waals surface area (Å²) in [4.78, 5) is 61.2. The number of hydrogen-bond donors (Lipinski definition) is 0. The molecule has 4 aliphatic rings. The summed E-state index contributed by atoms with van der Waals surface area (Å²) in [6, 6.07) is 32.6. The van der Waals surface area contributed by atoms with Crippen LogP contribution in [-0.4, -0.2) is 139 Å². The molecule has 4 saturated heterocycles. The number of unbranched alkanes of at least 4 members (excludes halogenated alkanes) is 2. The lowest BCUT2D eigenvalue weighted by Crippen LogP contribution is -2.73. The number of amides is 4. The van der Waals surface area contributed by atoms with Gasteiger partial charge >= 0.3 is 0 Å². The zero-order valence-electron chi connectivity index (χ0n) is 42.5. The Morgan fingerprint density at radius 3 is 1.63 bits per heavy atom. The molecule has 0 aliphatic carbocycles. The van der Waals surface area contributed by atoms with Crippen molar-refractivity contribution in [1.29, 1.82) is 0 Å². The van der Waals surface area contributed by atoms with Crippen LogP contribution in [0.4, 0.5) is 0 Å². The van der Waals surface area contributed by atoms with E-state index >= 15 is 0 Å². The van der Waals surface area contributed by atoms with Crippen LogP contribution in [0.25, 0.3) is 0 Å². The van der Waals surface area contributed by atoms with E-state index in [0.717, 1.165) is 83.4 Å². The van der Waals surface area contributed by atoms with E-state index in [1.165, 1.54) is 35.3 Å². The van der Waals surface area contributed by atoms with Crippen molar-refractivity contribution in [2.75, 3.05) is 81.1 Å². The lowest BCUT2D eigenvalue weighted by Gasteiger charge is -2.51. The molecule has 382 valence electrons. The SMILES string of the molecule is CCCCOCCN(C)C(=O)C1(Cc2ccc(CCc3ccc(CC45SC(c6ccc(OC)cc6)S[C@@](COCCCC)(C(=O)N4C)N(C)C5=O)cc3)cc2)SC(c2ccc(OC)cc2)SCC(=O)N1C. The number of carbonyl (C=O) groups is 4. The van der Waals surface area contributed by atoms with E-state index in [-0.39, 0.29) is 45.2 Å². The number of benzene rings is 4. The highest BCUT2D eigenvalue weighted by Crippen LogP contribution is 2.61. The molecule has 4 fully saturated rings. The summed E-state index contributed by atoms with van der Waals surface area (Å²) < 4.78 is 22.5. The average molecular weight is 1040 g/mol. The number of methoxy groups -OCH3 is 2. The Balaban J connectivity index is 1.07. The second-order valence-electron chi connectivity index (χ2n) is 18.5. The summed E-state index contributed by atoms with van der Waals surface area (Å²) in [7, 11) is 10.4. The van der Waals surface area contributed by atoms with Crippen LogP contribution >= 0.6 is 47.0 Å². The van der Waals surface area contributed by atoms with Gasteiger partial charge in [-0.1, -0.05) is 99.5 Å². The molecule has 16 heteroatoms. The van der Waals surface area contributed by atoms with E-state index < -0.39 is 14.6 Å². The fourth-order valence-corrected chi connectivity index (χ4v) is 16.1. The quantitative estimate of drug-likeness (QED) is 0.0659. The monoisotopic (exact) mass is 1040 g/mol. The molecule has 0 spiro atoms. The zero-order chi connectivity index (χ0) is 50.8. The van der Waals surface area contributed by atoms with Gasteiger partial charge in [-0.05, 0) is 83.3 Å². The summed E-state index contributed by atoms with van der Waals surface area (Å²) in [5.74, 6) is 1.29. The normalized spacial score (nSPS) is 23.4. The van der Waals surface area contributed by atoms with Gasteiger partial charge in [0.1, 0.15) is 11.5 Å². The average Bonchev–Trinajstić information content (AvgIpc) is 3.63. The van der Waals surface area contributed by atoms with E-state index in [2.05, 4.69) is 62.4 Å². The third-order valence-electron chi connectivity index (χ3n) is 13.8. The first-order chi connectivity index (χ1) is 34.2. The number of rotatable bonds is 23. The maximum absolute atomic E-state index is 14.8. The molecule has 8 rings (SSSR count). The van der Waals surface area contributed by atoms with Gasteiger partial charge in [0.05, 0.1) is 42.4 Å². The van der Waals surface area contributed by atoms with Crippen LogP contribution in [0.2, 0.25) is 0 Å². The highest BCUT2D eigenvalue weighted by atomic mass is 32.2. The molecule has 2 bridgehead atoms. The van der Waals surface area contributed by atoms with Crippen LogP contribution in [0.3, 0.4) is 0 Å². The van der Waals surface area contributed by atoms with Gasteiger partial charge in [-0.15, -0.1) is 47.0 Å². The van der Waals surface area contributed by atoms with Gasteiger partial charge in [-0.3, -0.25) is 19.2 Å². The summed E-state index contributed by atoms with van der Waals surface area (Å²) in [5, 5.41) is 0. The number of ether oxygens (including phenoxy) is 4. The lowest BCUT2D eigenvalue weighted by atomic mass is 9.96. The van der Waals surface area contributed by atoms with Crippen molar-refractivity contribution in [3.05, 3.63) is 130 Å². The fourth-order valence-electron chi connectivity index (χ4n) is 9.09. The van der Waals surface area contributed by atoms with Crippen LogP contribution in [0.1, 0.15) is 82.1 Å². The van der Waals surface area contributed by atoms with Gasteiger partial charge in [0.15, 0.2) is 14.6 Å². The van der Waals surface area contributed by atoms with Crippen molar-refractivity contribution < 1.29 is 38.1 Å². The molecule has 0 N–H and O–H groups in total. The molecule has 4 unspecified atom stereocenters. The van der Waals surface area contributed by atoms with E-state index in [0.29, 0.717) is 39.2 Å². The molecular formula is C55H70N4O8S4. The smallest absolute Gasteiger partial charge is 0.262 e. The molecule has 0 saturated carbocycles. The molecule has 5 atom stereocenters. The molecule has 4 amide bonds. The molecule has 0 aromatic heterocycles. The molecular weight excluding hydrogens is 973 g/mol. The lowest BCUT2D eigenvalue weighted by molar-refractivity contribution is -0.165. The van der Waals surface area contributed by atoms with Crippen molar-refractivity contribution in [3.8, 4) is 11.5 Å². The first-order valence-electron chi connectivity index (χ1n) is 24.6. The molecule has 0 radical (unpaired) electrons. The Morgan fingerprint density at radius 2 is 1.08 bits per heavy atom. The van der Waals surface area contributed by atoms with Gasteiger partial charge in [0.25, 0.3) is 17.7 Å². The van der Waals surface area contributed by atoms with Gasteiger partial charge in [-0.25, -0.2) is 0 Å². The summed E-state index contributed by atoms with van der Waals surface area (Å²) in [6.45, 7) is 6.34. The summed E-state index contributed by atoms with van der Waals surface area (Å²) >= 11 is 6.10. The molecule has 4 aromatic rings. The number of fused-ring (bicyclic) bond motifs is 4.